The van der Waals surface area contributed by atoms with Gasteiger partial charge in [-0.3, -0.25) is 0 Å². The van der Waals surface area contributed by atoms with Gasteiger partial charge in [0, 0.05) is 20.3 Å². The van der Waals surface area contributed by atoms with Crippen molar-refractivity contribution in [3.8, 4) is 0 Å². The van der Waals surface area contributed by atoms with Gasteiger partial charge in [0.25, 0.3) is 0 Å². The maximum atomic E-state index is 10.3. The molecule has 0 saturated carbocycles. The molecule has 0 aromatic carbocycles. The average molecular weight is 230 g/mol. The van der Waals surface area contributed by atoms with E-state index in [0.29, 0.717) is 5.92 Å². The minimum atomic E-state index is -0.351. The number of methoxy groups -OCH3 is 1. The van der Waals surface area contributed by atoms with Crippen LogP contribution in [0.25, 0.3) is 0 Å². The largest absolute Gasteiger partial charge is 0.390 e. The van der Waals surface area contributed by atoms with Crippen LogP contribution in [0.1, 0.15) is 46.0 Å². The van der Waals surface area contributed by atoms with Gasteiger partial charge in [-0.25, -0.2) is 0 Å². The molecule has 3 heteroatoms. The van der Waals surface area contributed by atoms with Crippen LogP contribution < -0.4 is 0 Å². The van der Waals surface area contributed by atoms with E-state index in [1.165, 1.54) is 0 Å². The number of ether oxygens (including phenoxy) is 2. The summed E-state index contributed by atoms with van der Waals surface area (Å²) in [5.74, 6) is 0.594. The molecule has 1 heterocycles. The minimum Gasteiger partial charge on any atom is -0.390 e. The second-order valence-electron chi connectivity index (χ2n) is 4.78. The quantitative estimate of drug-likeness (QED) is 0.761. The lowest BCUT2D eigenvalue weighted by Gasteiger charge is -2.37. The van der Waals surface area contributed by atoms with Gasteiger partial charge in [-0.1, -0.05) is 13.8 Å². The molecule has 1 N–H and O–H groups in total. The molecule has 1 saturated heterocycles. The smallest absolute Gasteiger partial charge is 0.0931 e. The van der Waals surface area contributed by atoms with E-state index >= 15 is 0 Å². The number of hydrogen-bond donors (Lipinski definition) is 1. The van der Waals surface area contributed by atoms with E-state index in [-0.39, 0.29) is 11.7 Å². The topological polar surface area (TPSA) is 38.7 Å². The maximum absolute atomic E-state index is 10.3. The van der Waals surface area contributed by atoms with Crippen molar-refractivity contribution in [2.75, 3.05) is 20.3 Å². The summed E-state index contributed by atoms with van der Waals surface area (Å²) >= 11 is 0. The predicted octanol–water partition coefficient (Wildman–Crippen LogP) is 2.37. The van der Waals surface area contributed by atoms with Crippen molar-refractivity contribution >= 4 is 0 Å². The Morgan fingerprint density at radius 2 is 1.88 bits per heavy atom. The SMILES string of the molecule is CCC(CC)(OC)C(O)CC1CCOCC1. The fraction of sp³-hybridized carbons (Fsp3) is 1.00. The zero-order valence-corrected chi connectivity index (χ0v) is 10.9. The Hall–Kier alpha value is -0.120. The first kappa shape index (κ1) is 13.9. The maximum Gasteiger partial charge on any atom is 0.0931 e. The summed E-state index contributed by atoms with van der Waals surface area (Å²) in [4.78, 5) is 0. The van der Waals surface area contributed by atoms with Gasteiger partial charge < -0.3 is 14.6 Å². The van der Waals surface area contributed by atoms with Crippen molar-refractivity contribution in [3.63, 3.8) is 0 Å². The molecule has 96 valence electrons. The Balaban J connectivity index is 2.50. The van der Waals surface area contributed by atoms with Gasteiger partial charge in [0.05, 0.1) is 11.7 Å². The summed E-state index contributed by atoms with van der Waals surface area (Å²) < 4.78 is 10.9. The third-order valence-electron chi connectivity index (χ3n) is 4.11. The molecule has 1 fully saturated rings. The summed E-state index contributed by atoms with van der Waals surface area (Å²) in [5, 5.41) is 10.3. The second kappa shape index (κ2) is 6.58. The van der Waals surface area contributed by atoms with Crippen LogP contribution in [0.15, 0.2) is 0 Å². The van der Waals surface area contributed by atoms with Gasteiger partial charge >= 0.3 is 0 Å². The molecule has 0 bridgehead atoms. The molecule has 1 unspecified atom stereocenters. The van der Waals surface area contributed by atoms with E-state index in [0.717, 1.165) is 45.3 Å². The summed E-state index contributed by atoms with van der Waals surface area (Å²) in [6, 6.07) is 0. The molecule has 1 aliphatic heterocycles. The Bertz CT molecular complexity index is 175. The molecule has 0 radical (unpaired) electrons. The number of rotatable bonds is 6. The molecule has 1 atom stereocenters. The lowest BCUT2D eigenvalue weighted by Crippen LogP contribution is -2.44. The Labute approximate surface area is 99.1 Å². The molecule has 0 aromatic rings. The van der Waals surface area contributed by atoms with Gasteiger partial charge in [-0.05, 0) is 38.0 Å². The first-order chi connectivity index (χ1) is 7.68. The minimum absolute atomic E-state index is 0.349. The summed E-state index contributed by atoms with van der Waals surface area (Å²) in [5.41, 5.74) is -0.349. The van der Waals surface area contributed by atoms with Crippen LogP contribution >= 0.6 is 0 Å². The van der Waals surface area contributed by atoms with Crippen molar-refractivity contribution in [2.45, 2.75) is 57.7 Å². The Morgan fingerprint density at radius 3 is 2.31 bits per heavy atom. The molecule has 16 heavy (non-hydrogen) atoms. The van der Waals surface area contributed by atoms with Crippen LogP contribution in [0.5, 0.6) is 0 Å². The van der Waals surface area contributed by atoms with Crippen LogP contribution in [-0.4, -0.2) is 37.1 Å². The fourth-order valence-corrected chi connectivity index (χ4v) is 2.66. The monoisotopic (exact) mass is 230 g/mol. The second-order valence-corrected chi connectivity index (χ2v) is 4.78. The van der Waals surface area contributed by atoms with E-state index in [1.807, 2.05) is 0 Å². The molecule has 1 rings (SSSR count). The van der Waals surface area contributed by atoms with Crippen molar-refractivity contribution < 1.29 is 14.6 Å². The molecule has 0 amide bonds. The van der Waals surface area contributed by atoms with Gasteiger partial charge in [0.15, 0.2) is 0 Å². The highest BCUT2D eigenvalue weighted by atomic mass is 16.5. The van der Waals surface area contributed by atoms with Crippen LogP contribution in [0.2, 0.25) is 0 Å². The highest BCUT2D eigenvalue weighted by Crippen LogP contribution is 2.30. The number of aliphatic hydroxyl groups is 1. The van der Waals surface area contributed by atoms with Crippen LogP contribution in [-0.2, 0) is 9.47 Å². The molecule has 0 aromatic heterocycles. The molecular formula is C13H26O3. The Kier molecular flexibility index (Phi) is 5.73. The van der Waals surface area contributed by atoms with E-state index in [2.05, 4.69) is 13.8 Å². The molecule has 0 spiro atoms. The average Bonchev–Trinajstić information content (AvgIpc) is 2.33. The van der Waals surface area contributed by atoms with E-state index in [9.17, 15) is 5.11 Å². The van der Waals surface area contributed by atoms with Crippen molar-refractivity contribution in [1.29, 1.82) is 0 Å². The summed E-state index contributed by atoms with van der Waals surface area (Å²) in [7, 11) is 1.71. The third kappa shape index (κ3) is 3.19. The zero-order valence-electron chi connectivity index (χ0n) is 10.9. The highest BCUT2D eigenvalue weighted by molar-refractivity contribution is 4.87. The zero-order chi connectivity index (χ0) is 12.0. The molecular weight excluding hydrogens is 204 g/mol. The van der Waals surface area contributed by atoms with Crippen LogP contribution in [0.4, 0.5) is 0 Å². The molecule has 0 aliphatic carbocycles. The first-order valence-corrected chi connectivity index (χ1v) is 6.49. The van der Waals surface area contributed by atoms with Gasteiger partial charge in [0.1, 0.15) is 0 Å². The lowest BCUT2D eigenvalue weighted by atomic mass is 9.82. The lowest BCUT2D eigenvalue weighted by molar-refractivity contribution is -0.118. The summed E-state index contributed by atoms with van der Waals surface area (Å²) in [6.07, 6.45) is 4.37. The van der Waals surface area contributed by atoms with Gasteiger partial charge in [-0.15, -0.1) is 0 Å². The highest BCUT2D eigenvalue weighted by Gasteiger charge is 2.36. The van der Waals surface area contributed by atoms with E-state index < -0.39 is 0 Å². The van der Waals surface area contributed by atoms with Crippen molar-refractivity contribution in [1.82, 2.24) is 0 Å². The molecule has 1 aliphatic rings. The van der Waals surface area contributed by atoms with Crippen LogP contribution in [0, 0.1) is 5.92 Å². The third-order valence-corrected chi connectivity index (χ3v) is 4.11. The predicted molar refractivity (Wildman–Crippen MR) is 64.5 cm³/mol. The van der Waals surface area contributed by atoms with Gasteiger partial charge in [-0.2, -0.15) is 0 Å². The van der Waals surface area contributed by atoms with Crippen molar-refractivity contribution in [3.05, 3.63) is 0 Å². The number of aliphatic hydroxyl groups excluding tert-OH is 1. The fourth-order valence-electron chi connectivity index (χ4n) is 2.66. The number of hydrogen-bond acceptors (Lipinski definition) is 3. The first-order valence-electron chi connectivity index (χ1n) is 6.49. The van der Waals surface area contributed by atoms with E-state index in [1.54, 1.807) is 7.11 Å². The van der Waals surface area contributed by atoms with Crippen molar-refractivity contribution in [2.24, 2.45) is 5.92 Å². The Morgan fingerprint density at radius 1 is 1.31 bits per heavy atom. The van der Waals surface area contributed by atoms with Gasteiger partial charge in [0.2, 0.25) is 0 Å². The van der Waals surface area contributed by atoms with E-state index in [4.69, 9.17) is 9.47 Å². The van der Waals surface area contributed by atoms with Crippen LogP contribution in [0.3, 0.4) is 0 Å². The molecule has 3 nitrogen and oxygen atoms in total. The summed E-state index contributed by atoms with van der Waals surface area (Å²) in [6.45, 7) is 5.85. The normalized spacial score (nSPS) is 21.0. The standard InChI is InChI=1S/C13H26O3/c1-4-13(5-2,15-3)12(14)10-11-6-8-16-9-7-11/h11-12,14H,4-10H2,1-3H3.